The van der Waals surface area contributed by atoms with E-state index < -0.39 is 0 Å². The lowest BCUT2D eigenvalue weighted by atomic mass is 10.1. The van der Waals surface area contributed by atoms with Crippen molar-refractivity contribution in [2.24, 2.45) is 0 Å². The van der Waals surface area contributed by atoms with Gasteiger partial charge < -0.3 is 10.2 Å². The molecule has 0 bridgehead atoms. The Labute approximate surface area is 163 Å². The van der Waals surface area contributed by atoms with Crippen molar-refractivity contribution in [3.8, 4) is 0 Å². The summed E-state index contributed by atoms with van der Waals surface area (Å²) in [5, 5.41) is 6.13. The molecule has 0 aliphatic rings. The molecule has 134 valence electrons. The van der Waals surface area contributed by atoms with Crippen molar-refractivity contribution in [1.29, 1.82) is 0 Å². The second kappa shape index (κ2) is 8.54. The monoisotopic (exact) mass is 386 g/mol. The Morgan fingerprint density at radius 1 is 0.962 bits per heavy atom. The Bertz CT molecular complexity index is 907. The van der Waals surface area contributed by atoms with E-state index in [0.29, 0.717) is 28.7 Å². The smallest absolute Gasteiger partial charge is 0.225 e. The van der Waals surface area contributed by atoms with Crippen LogP contribution in [0.2, 0.25) is 10.0 Å². The van der Waals surface area contributed by atoms with Crippen molar-refractivity contribution >= 4 is 45.6 Å². The molecule has 0 unspecified atom stereocenters. The SMILES string of the molecule is CN(CCC(=O)Nc1c(Cl)cccc1Cl)Cc1ccc2ccccc2c1. The van der Waals surface area contributed by atoms with E-state index in [1.807, 2.05) is 19.2 Å². The molecule has 26 heavy (non-hydrogen) atoms. The maximum atomic E-state index is 12.2. The third-order valence-electron chi connectivity index (χ3n) is 4.21. The first kappa shape index (κ1) is 18.7. The van der Waals surface area contributed by atoms with Gasteiger partial charge in [0.1, 0.15) is 0 Å². The molecule has 1 N–H and O–H groups in total. The molecule has 3 aromatic rings. The summed E-state index contributed by atoms with van der Waals surface area (Å²) in [5.74, 6) is -0.106. The first-order valence-corrected chi connectivity index (χ1v) is 9.18. The molecule has 5 heteroatoms. The number of rotatable bonds is 6. The summed E-state index contributed by atoms with van der Waals surface area (Å²) in [7, 11) is 2.00. The second-order valence-corrected chi connectivity index (χ2v) is 7.13. The predicted octanol–water partition coefficient (Wildman–Crippen LogP) is 5.61. The van der Waals surface area contributed by atoms with Crippen molar-refractivity contribution in [3.63, 3.8) is 0 Å². The third-order valence-corrected chi connectivity index (χ3v) is 4.84. The Balaban J connectivity index is 1.54. The van der Waals surface area contributed by atoms with E-state index in [2.05, 4.69) is 40.5 Å². The summed E-state index contributed by atoms with van der Waals surface area (Å²) < 4.78 is 0. The molecule has 3 nitrogen and oxygen atoms in total. The van der Waals surface area contributed by atoms with Crippen LogP contribution in [0.1, 0.15) is 12.0 Å². The number of para-hydroxylation sites is 1. The summed E-state index contributed by atoms with van der Waals surface area (Å²) >= 11 is 12.2. The zero-order valence-corrected chi connectivity index (χ0v) is 16.0. The number of benzene rings is 3. The molecular weight excluding hydrogens is 367 g/mol. The van der Waals surface area contributed by atoms with E-state index in [4.69, 9.17) is 23.2 Å². The van der Waals surface area contributed by atoms with Crippen LogP contribution in [0, 0.1) is 0 Å². The van der Waals surface area contributed by atoms with Gasteiger partial charge in [-0.15, -0.1) is 0 Å². The van der Waals surface area contributed by atoms with Crippen molar-refractivity contribution in [3.05, 3.63) is 76.3 Å². The lowest BCUT2D eigenvalue weighted by Crippen LogP contribution is -2.24. The molecule has 0 aliphatic carbocycles. The Kier molecular flexibility index (Phi) is 6.15. The van der Waals surface area contributed by atoms with E-state index >= 15 is 0 Å². The lowest BCUT2D eigenvalue weighted by Gasteiger charge is -2.17. The van der Waals surface area contributed by atoms with Crippen LogP contribution < -0.4 is 5.32 Å². The van der Waals surface area contributed by atoms with Crippen LogP contribution in [0.3, 0.4) is 0 Å². The van der Waals surface area contributed by atoms with E-state index in [-0.39, 0.29) is 5.91 Å². The fourth-order valence-electron chi connectivity index (χ4n) is 2.84. The van der Waals surface area contributed by atoms with E-state index in [0.717, 1.165) is 6.54 Å². The van der Waals surface area contributed by atoms with Gasteiger partial charge in [-0.25, -0.2) is 0 Å². The van der Waals surface area contributed by atoms with Gasteiger partial charge in [-0.2, -0.15) is 0 Å². The lowest BCUT2D eigenvalue weighted by molar-refractivity contribution is -0.116. The molecule has 0 saturated carbocycles. The van der Waals surface area contributed by atoms with Gasteiger partial charge in [0.15, 0.2) is 0 Å². The number of nitrogens with zero attached hydrogens (tertiary/aromatic N) is 1. The van der Waals surface area contributed by atoms with Crippen molar-refractivity contribution in [1.82, 2.24) is 4.90 Å². The average molecular weight is 387 g/mol. The highest BCUT2D eigenvalue weighted by molar-refractivity contribution is 6.39. The maximum absolute atomic E-state index is 12.2. The molecule has 0 heterocycles. The van der Waals surface area contributed by atoms with Crippen LogP contribution >= 0.6 is 23.2 Å². The van der Waals surface area contributed by atoms with Gasteiger partial charge in [0.2, 0.25) is 5.91 Å². The summed E-state index contributed by atoms with van der Waals surface area (Å²) in [6.45, 7) is 1.42. The summed E-state index contributed by atoms with van der Waals surface area (Å²) in [4.78, 5) is 14.3. The number of nitrogens with one attached hydrogen (secondary N) is 1. The minimum atomic E-state index is -0.106. The molecule has 0 radical (unpaired) electrons. The van der Waals surface area contributed by atoms with E-state index in [9.17, 15) is 4.79 Å². The number of carbonyl (C=O) groups is 1. The van der Waals surface area contributed by atoms with Crippen LogP contribution in [0.4, 0.5) is 5.69 Å². The number of carbonyl (C=O) groups excluding carboxylic acids is 1. The highest BCUT2D eigenvalue weighted by atomic mass is 35.5. The van der Waals surface area contributed by atoms with Crippen LogP contribution in [0.5, 0.6) is 0 Å². The molecule has 0 aliphatic heterocycles. The molecule has 0 spiro atoms. The van der Waals surface area contributed by atoms with Crippen molar-refractivity contribution in [2.75, 3.05) is 18.9 Å². The fourth-order valence-corrected chi connectivity index (χ4v) is 3.33. The third kappa shape index (κ3) is 4.76. The number of fused-ring (bicyclic) bond motifs is 1. The van der Waals surface area contributed by atoms with Crippen molar-refractivity contribution in [2.45, 2.75) is 13.0 Å². The van der Waals surface area contributed by atoms with Gasteiger partial charge in [-0.3, -0.25) is 4.79 Å². The normalized spacial score (nSPS) is 11.1. The summed E-state index contributed by atoms with van der Waals surface area (Å²) in [6.07, 6.45) is 0.367. The highest BCUT2D eigenvalue weighted by Crippen LogP contribution is 2.29. The zero-order chi connectivity index (χ0) is 18.5. The molecule has 0 fully saturated rings. The molecular formula is C21H20Cl2N2O. The fraction of sp³-hybridized carbons (Fsp3) is 0.190. The van der Waals surface area contributed by atoms with Crippen LogP contribution in [-0.2, 0) is 11.3 Å². The van der Waals surface area contributed by atoms with Crippen LogP contribution in [-0.4, -0.2) is 24.4 Å². The Morgan fingerprint density at radius 2 is 1.65 bits per heavy atom. The van der Waals surface area contributed by atoms with Crippen LogP contribution in [0.15, 0.2) is 60.7 Å². The molecule has 3 aromatic carbocycles. The number of halogens is 2. The molecule has 3 rings (SSSR count). The maximum Gasteiger partial charge on any atom is 0.225 e. The average Bonchev–Trinajstić information content (AvgIpc) is 2.63. The van der Waals surface area contributed by atoms with E-state index in [1.54, 1.807) is 18.2 Å². The second-order valence-electron chi connectivity index (χ2n) is 6.31. The Morgan fingerprint density at radius 3 is 2.38 bits per heavy atom. The van der Waals surface area contributed by atoms with E-state index in [1.165, 1.54) is 16.3 Å². The topological polar surface area (TPSA) is 32.3 Å². The van der Waals surface area contributed by atoms with Crippen LogP contribution in [0.25, 0.3) is 10.8 Å². The first-order valence-electron chi connectivity index (χ1n) is 8.43. The number of hydrogen-bond donors (Lipinski definition) is 1. The minimum Gasteiger partial charge on any atom is -0.324 e. The van der Waals surface area contributed by atoms with Gasteiger partial charge in [0.25, 0.3) is 0 Å². The molecule has 0 saturated heterocycles. The van der Waals surface area contributed by atoms with Gasteiger partial charge >= 0.3 is 0 Å². The van der Waals surface area contributed by atoms with Crippen molar-refractivity contribution < 1.29 is 4.79 Å². The van der Waals surface area contributed by atoms with Gasteiger partial charge in [0, 0.05) is 19.5 Å². The number of hydrogen-bond acceptors (Lipinski definition) is 2. The van der Waals surface area contributed by atoms with Gasteiger partial charge in [-0.05, 0) is 41.6 Å². The molecule has 0 atom stereocenters. The summed E-state index contributed by atoms with van der Waals surface area (Å²) in [5.41, 5.74) is 1.69. The number of amides is 1. The minimum absolute atomic E-state index is 0.106. The van der Waals surface area contributed by atoms with Gasteiger partial charge in [0.05, 0.1) is 15.7 Å². The zero-order valence-electron chi connectivity index (χ0n) is 14.5. The summed E-state index contributed by atoms with van der Waals surface area (Å²) in [6, 6.07) is 19.9. The largest absolute Gasteiger partial charge is 0.324 e. The van der Waals surface area contributed by atoms with Gasteiger partial charge in [-0.1, -0.05) is 65.7 Å². The standard InChI is InChI=1S/C21H20Cl2N2O/c1-25(14-15-9-10-16-5-2-3-6-17(16)13-15)12-11-20(26)24-21-18(22)7-4-8-19(21)23/h2-10,13H,11-12,14H2,1H3,(H,24,26). The molecule has 0 aromatic heterocycles. The first-order chi connectivity index (χ1) is 12.5. The molecule has 1 amide bonds. The predicted molar refractivity (Wildman–Crippen MR) is 110 cm³/mol. The Hall–Kier alpha value is -2.07. The number of anilines is 1. The quantitative estimate of drug-likeness (QED) is 0.597. The highest BCUT2D eigenvalue weighted by Gasteiger charge is 2.10.